The summed E-state index contributed by atoms with van der Waals surface area (Å²) in [5.41, 5.74) is 7.83. The lowest BCUT2D eigenvalue weighted by molar-refractivity contribution is -0.135. The number of benzene rings is 2. The van der Waals surface area contributed by atoms with Crippen LogP contribution in [0.5, 0.6) is 0 Å². The number of carbonyl (C=O) groups excluding carboxylic acids is 2. The van der Waals surface area contributed by atoms with E-state index >= 15 is 0 Å². The van der Waals surface area contributed by atoms with Crippen molar-refractivity contribution in [2.24, 2.45) is 5.73 Å². The molecule has 3 N–H and O–H groups in total. The van der Waals surface area contributed by atoms with Gasteiger partial charge in [-0.25, -0.2) is 0 Å². The Hall–Kier alpha value is -2.37. The topological polar surface area (TPSA) is 75.4 Å². The van der Waals surface area contributed by atoms with Gasteiger partial charge in [-0.3, -0.25) is 9.59 Å². The smallest absolute Gasteiger partial charge is 0.251 e. The minimum atomic E-state index is -0.305. The molecule has 2 unspecified atom stereocenters. The lowest BCUT2D eigenvalue weighted by atomic mass is 9.99. The molecule has 2 atom stereocenters. The van der Waals surface area contributed by atoms with Gasteiger partial charge in [0.05, 0.1) is 0 Å². The zero-order valence-corrected chi connectivity index (χ0v) is 16.7. The molecule has 3 rings (SSSR count). The summed E-state index contributed by atoms with van der Waals surface area (Å²) in [5, 5.41) is 2.97. The number of rotatable bonds is 6. The predicted molar refractivity (Wildman–Crippen MR) is 113 cm³/mol. The monoisotopic (exact) mass is 401 g/mol. The van der Waals surface area contributed by atoms with E-state index in [2.05, 4.69) is 5.32 Å². The Morgan fingerprint density at radius 3 is 2.36 bits per heavy atom. The largest absolute Gasteiger partial charge is 0.350 e. The highest BCUT2D eigenvalue weighted by Gasteiger charge is 2.28. The highest BCUT2D eigenvalue weighted by Crippen LogP contribution is 2.21. The fraction of sp³-hybridized carbons (Fsp3) is 0.364. The van der Waals surface area contributed by atoms with Crippen LogP contribution in [0.1, 0.15) is 47.6 Å². The molecule has 150 valence electrons. The first-order chi connectivity index (χ1) is 13.1. The molecule has 6 heteroatoms. The van der Waals surface area contributed by atoms with E-state index in [0.717, 1.165) is 31.4 Å². The minimum Gasteiger partial charge on any atom is -0.350 e. The molecule has 0 saturated carbocycles. The molecule has 5 nitrogen and oxygen atoms in total. The van der Waals surface area contributed by atoms with E-state index in [9.17, 15) is 9.59 Å². The highest BCUT2D eigenvalue weighted by molar-refractivity contribution is 5.94. The zero-order valence-electron chi connectivity index (χ0n) is 15.9. The van der Waals surface area contributed by atoms with E-state index in [1.807, 2.05) is 53.4 Å². The molecule has 1 aliphatic heterocycles. The Kier molecular flexibility index (Phi) is 8.48. The first-order valence-corrected chi connectivity index (χ1v) is 9.58. The summed E-state index contributed by atoms with van der Waals surface area (Å²) in [7, 11) is 0. The summed E-state index contributed by atoms with van der Waals surface area (Å²) in [6, 6.07) is 18.6. The maximum atomic E-state index is 12.8. The van der Waals surface area contributed by atoms with Crippen molar-refractivity contribution in [1.82, 2.24) is 10.2 Å². The zero-order chi connectivity index (χ0) is 19.1. The van der Waals surface area contributed by atoms with Crippen molar-refractivity contribution in [3.05, 3.63) is 71.8 Å². The molecule has 0 radical (unpaired) electrons. The number of piperidine rings is 1. The number of nitrogens with one attached hydrogen (secondary N) is 1. The van der Waals surface area contributed by atoms with Crippen molar-refractivity contribution in [2.75, 3.05) is 13.1 Å². The first kappa shape index (κ1) is 21.9. The maximum Gasteiger partial charge on any atom is 0.251 e. The van der Waals surface area contributed by atoms with Crippen molar-refractivity contribution >= 4 is 24.2 Å². The fourth-order valence-electron chi connectivity index (χ4n) is 3.57. The Balaban J connectivity index is 0.00000280. The lowest BCUT2D eigenvalue weighted by Gasteiger charge is -2.36. The van der Waals surface area contributed by atoms with Crippen LogP contribution in [0.15, 0.2) is 60.7 Å². The summed E-state index contributed by atoms with van der Waals surface area (Å²) in [6.45, 7) is 1.20. The number of amides is 2. The van der Waals surface area contributed by atoms with Crippen LogP contribution >= 0.6 is 12.4 Å². The van der Waals surface area contributed by atoms with Gasteiger partial charge in [0, 0.05) is 37.2 Å². The van der Waals surface area contributed by atoms with Crippen LogP contribution in [0.3, 0.4) is 0 Å². The highest BCUT2D eigenvalue weighted by atomic mass is 35.5. The fourth-order valence-corrected chi connectivity index (χ4v) is 3.57. The number of nitrogens with zero attached hydrogens (tertiary/aromatic N) is 1. The molecule has 0 spiro atoms. The SMILES string of the molecule is Cl.NC(CC(=O)N1CCCCC1CNC(=O)c1ccccc1)c1ccccc1. The van der Waals surface area contributed by atoms with Crippen LogP contribution < -0.4 is 11.1 Å². The van der Waals surface area contributed by atoms with E-state index < -0.39 is 0 Å². The second kappa shape index (κ2) is 10.8. The number of likely N-dealkylation sites (tertiary alicyclic amines) is 1. The lowest BCUT2D eigenvalue weighted by Crippen LogP contribution is -2.49. The van der Waals surface area contributed by atoms with Gasteiger partial charge in [-0.15, -0.1) is 12.4 Å². The van der Waals surface area contributed by atoms with Crippen LogP contribution in [0.4, 0.5) is 0 Å². The van der Waals surface area contributed by atoms with Crippen molar-refractivity contribution in [2.45, 2.75) is 37.8 Å². The van der Waals surface area contributed by atoms with Crippen LogP contribution in [0.25, 0.3) is 0 Å². The number of hydrogen-bond acceptors (Lipinski definition) is 3. The third-order valence-electron chi connectivity index (χ3n) is 5.10. The van der Waals surface area contributed by atoms with Crippen LogP contribution in [-0.4, -0.2) is 35.8 Å². The maximum absolute atomic E-state index is 12.8. The molecule has 0 bridgehead atoms. The quantitative estimate of drug-likeness (QED) is 0.779. The molecule has 2 amide bonds. The van der Waals surface area contributed by atoms with Gasteiger partial charge in [-0.1, -0.05) is 48.5 Å². The molecule has 0 aromatic heterocycles. The Morgan fingerprint density at radius 1 is 1.04 bits per heavy atom. The van der Waals surface area contributed by atoms with E-state index in [0.29, 0.717) is 12.1 Å². The number of carbonyl (C=O) groups is 2. The van der Waals surface area contributed by atoms with Crippen molar-refractivity contribution < 1.29 is 9.59 Å². The summed E-state index contributed by atoms with van der Waals surface area (Å²) < 4.78 is 0. The average Bonchev–Trinajstić information content (AvgIpc) is 2.73. The molecule has 2 aromatic rings. The first-order valence-electron chi connectivity index (χ1n) is 9.58. The Morgan fingerprint density at radius 2 is 1.68 bits per heavy atom. The normalized spacial score (nSPS) is 17.3. The molecule has 1 fully saturated rings. The minimum absolute atomic E-state index is 0. The number of halogens is 1. The second-order valence-electron chi connectivity index (χ2n) is 7.03. The average molecular weight is 402 g/mol. The van der Waals surface area contributed by atoms with Gasteiger partial charge in [-0.2, -0.15) is 0 Å². The molecule has 1 aliphatic rings. The van der Waals surface area contributed by atoms with Gasteiger partial charge >= 0.3 is 0 Å². The van der Waals surface area contributed by atoms with Crippen LogP contribution in [0, 0.1) is 0 Å². The van der Waals surface area contributed by atoms with Gasteiger partial charge in [-0.05, 0) is 37.0 Å². The molecule has 1 saturated heterocycles. The second-order valence-corrected chi connectivity index (χ2v) is 7.03. The van der Waals surface area contributed by atoms with E-state index in [-0.39, 0.29) is 42.7 Å². The molecule has 1 heterocycles. The number of hydrogen-bond donors (Lipinski definition) is 2. The van der Waals surface area contributed by atoms with E-state index in [1.54, 1.807) is 12.1 Å². The molecule has 0 aliphatic carbocycles. The summed E-state index contributed by atoms with van der Waals surface area (Å²) in [6.07, 6.45) is 3.25. The Labute approximate surface area is 172 Å². The molecular weight excluding hydrogens is 374 g/mol. The van der Waals surface area contributed by atoms with Crippen LogP contribution in [0.2, 0.25) is 0 Å². The standard InChI is InChI=1S/C22H27N3O2.ClH/c23-20(17-9-3-1-4-10-17)15-21(26)25-14-8-7-13-19(25)16-24-22(27)18-11-5-2-6-12-18;/h1-6,9-12,19-20H,7-8,13-16,23H2,(H,24,27);1H. The molecular formula is C22H28ClN3O2. The summed E-state index contributed by atoms with van der Waals surface area (Å²) >= 11 is 0. The van der Waals surface area contributed by atoms with Crippen molar-refractivity contribution in [3.8, 4) is 0 Å². The van der Waals surface area contributed by atoms with Crippen molar-refractivity contribution in [1.29, 1.82) is 0 Å². The predicted octanol–water partition coefficient (Wildman–Crippen LogP) is 3.31. The van der Waals surface area contributed by atoms with Crippen LogP contribution in [-0.2, 0) is 4.79 Å². The van der Waals surface area contributed by atoms with Gasteiger partial charge in [0.25, 0.3) is 5.91 Å². The molecule has 2 aromatic carbocycles. The third kappa shape index (κ3) is 5.81. The van der Waals surface area contributed by atoms with E-state index in [4.69, 9.17) is 5.73 Å². The van der Waals surface area contributed by atoms with Gasteiger partial charge in [0.15, 0.2) is 0 Å². The van der Waals surface area contributed by atoms with Crippen molar-refractivity contribution in [3.63, 3.8) is 0 Å². The Bertz CT molecular complexity index is 755. The van der Waals surface area contributed by atoms with Gasteiger partial charge in [0.2, 0.25) is 5.91 Å². The molecule has 28 heavy (non-hydrogen) atoms. The number of nitrogens with two attached hydrogens (primary N) is 1. The van der Waals surface area contributed by atoms with E-state index in [1.165, 1.54) is 0 Å². The third-order valence-corrected chi connectivity index (χ3v) is 5.10. The van der Waals surface area contributed by atoms with Gasteiger partial charge < -0.3 is 16.0 Å². The summed E-state index contributed by atoms with van der Waals surface area (Å²) in [4.78, 5) is 27.0. The summed E-state index contributed by atoms with van der Waals surface area (Å²) in [5.74, 6) is -0.0421. The van der Waals surface area contributed by atoms with Gasteiger partial charge in [0.1, 0.15) is 0 Å².